The van der Waals surface area contributed by atoms with Crippen molar-refractivity contribution in [1.82, 2.24) is 15.2 Å². The molecule has 4 rings (SSSR count). The molecule has 170 valence electrons. The van der Waals surface area contributed by atoms with Gasteiger partial charge in [-0.2, -0.15) is 5.26 Å². The smallest absolute Gasteiger partial charge is 0.268 e. The van der Waals surface area contributed by atoms with Gasteiger partial charge in [0.25, 0.3) is 11.6 Å². The van der Waals surface area contributed by atoms with Gasteiger partial charge in [-0.15, -0.1) is 0 Å². The molecule has 1 heterocycles. The highest BCUT2D eigenvalue weighted by atomic mass is 16.5. The predicted octanol–water partition coefficient (Wildman–Crippen LogP) is 3.90. The van der Waals surface area contributed by atoms with Crippen LogP contribution in [0.5, 0.6) is 5.75 Å². The number of aryl methyl sites for hydroxylation is 1. The highest BCUT2D eigenvalue weighted by molar-refractivity contribution is 5.99. The number of aromatic nitrogens is 1. The lowest BCUT2D eigenvalue weighted by Crippen LogP contribution is -2.55. The molecule has 1 aromatic heterocycles. The monoisotopic (exact) mass is 444 g/mol. The fourth-order valence-electron chi connectivity index (χ4n) is 4.49. The first-order chi connectivity index (χ1) is 15.9. The van der Waals surface area contributed by atoms with Crippen LogP contribution in [-0.2, 0) is 11.8 Å². The van der Waals surface area contributed by atoms with E-state index in [9.17, 15) is 14.9 Å². The fourth-order valence-corrected chi connectivity index (χ4v) is 4.49. The maximum absolute atomic E-state index is 13.2. The molecule has 1 aliphatic carbocycles. The number of rotatable bonds is 6. The van der Waals surface area contributed by atoms with E-state index < -0.39 is 11.6 Å². The Labute approximate surface area is 193 Å². The number of hydrogen-bond donors (Lipinski definition) is 2. The van der Waals surface area contributed by atoms with E-state index in [0.717, 1.165) is 23.7 Å². The standard InChI is InChI=1S/C26H28N4O3/c1-26(17-27,33-19-11-4-3-5-12-19)29-24(31)20-13-7-8-14-21(20)28-25(32)23-16-18-10-6-9-15-22(18)30(23)2/h3-6,9-12,15-16,20-21H,7-8,13-14H2,1-2H3,(H,28,32)(H,29,31)/t20-,21+,26?/m1/s1. The van der Waals surface area contributed by atoms with E-state index in [-0.39, 0.29) is 17.9 Å². The normalized spacial score (nSPS) is 19.8. The van der Waals surface area contributed by atoms with Crippen molar-refractivity contribution in [1.29, 1.82) is 5.26 Å². The van der Waals surface area contributed by atoms with Gasteiger partial charge >= 0.3 is 0 Å². The lowest BCUT2D eigenvalue weighted by molar-refractivity contribution is -0.130. The van der Waals surface area contributed by atoms with E-state index in [1.165, 1.54) is 6.92 Å². The fraction of sp³-hybridized carbons (Fsp3) is 0.346. The van der Waals surface area contributed by atoms with E-state index >= 15 is 0 Å². The minimum Gasteiger partial charge on any atom is -0.455 e. The zero-order valence-electron chi connectivity index (χ0n) is 18.9. The van der Waals surface area contributed by atoms with Crippen LogP contribution in [0.4, 0.5) is 0 Å². The van der Waals surface area contributed by atoms with Crippen LogP contribution in [-0.4, -0.2) is 28.1 Å². The Hall–Kier alpha value is -3.79. The molecule has 3 atom stereocenters. The van der Waals surface area contributed by atoms with Gasteiger partial charge < -0.3 is 19.9 Å². The van der Waals surface area contributed by atoms with Gasteiger partial charge in [0.05, 0.1) is 5.92 Å². The van der Waals surface area contributed by atoms with Gasteiger partial charge in [0.1, 0.15) is 17.5 Å². The molecule has 0 spiro atoms. The van der Waals surface area contributed by atoms with Crippen molar-refractivity contribution in [3.05, 3.63) is 66.4 Å². The number of nitrogens with zero attached hydrogens (tertiary/aromatic N) is 2. The largest absolute Gasteiger partial charge is 0.455 e. The van der Waals surface area contributed by atoms with Crippen LogP contribution in [0.25, 0.3) is 10.9 Å². The molecule has 2 aromatic carbocycles. The molecule has 1 aliphatic rings. The highest BCUT2D eigenvalue weighted by Gasteiger charge is 2.37. The topological polar surface area (TPSA) is 96.2 Å². The molecule has 2 amide bonds. The van der Waals surface area contributed by atoms with E-state index in [0.29, 0.717) is 24.3 Å². The van der Waals surface area contributed by atoms with Crippen molar-refractivity contribution >= 4 is 22.7 Å². The maximum Gasteiger partial charge on any atom is 0.268 e. The molecular weight excluding hydrogens is 416 g/mol. The van der Waals surface area contributed by atoms with Gasteiger partial charge in [-0.1, -0.05) is 49.2 Å². The molecule has 2 N–H and O–H groups in total. The molecule has 7 nitrogen and oxygen atoms in total. The third-order valence-electron chi connectivity index (χ3n) is 6.24. The maximum atomic E-state index is 13.2. The number of benzene rings is 2. The van der Waals surface area contributed by atoms with E-state index in [1.54, 1.807) is 24.3 Å². The van der Waals surface area contributed by atoms with Crippen LogP contribution < -0.4 is 15.4 Å². The average Bonchev–Trinajstić information content (AvgIpc) is 3.17. The summed E-state index contributed by atoms with van der Waals surface area (Å²) < 4.78 is 7.63. The number of hydrogen-bond acceptors (Lipinski definition) is 4. The van der Waals surface area contributed by atoms with Gasteiger partial charge in [-0.3, -0.25) is 9.59 Å². The molecule has 1 fully saturated rings. The van der Waals surface area contributed by atoms with E-state index in [2.05, 4.69) is 16.7 Å². The number of ether oxygens (including phenoxy) is 1. The molecule has 0 radical (unpaired) electrons. The van der Waals surface area contributed by atoms with E-state index in [1.807, 2.05) is 48.0 Å². The van der Waals surface area contributed by atoms with Crippen molar-refractivity contribution in [2.45, 2.75) is 44.4 Å². The number of nitriles is 1. The van der Waals surface area contributed by atoms with Crippen LogP contribution in [0, 0.1) is 17.2 Å². The summed E-state index contributed by atoms with van der Waals surface area (Å²) in [4.78, 5) is 26.3. The number of para-hydroxylation sites is 2. The summed E-state index contributed by atoms with van der Waals surface area (Å²) in [7, 11) is 1.86. The summed E-state index contributed by atoms with van der Waals surface area (Å²) in [6, 6.07) is 20.3. The number of nitrogens with one attached hydrogen (secondary N) is 2. The van der Waals surface area contributed by atoms with Gasteiger partial charge in [-0.25, -0.2) is 0 Å². The molecule has 3 aromatic rings. The molecule has 0 aliphatic heterocycles. The van der Waals surface area contributed by atoms with Gasteiger partial charge in [0, 0.05) is 30.9 Å². The van der Waals surface area contributed by atoms with Crippen molar-refractivity contribution in [2.75, 3.05) is 0 Å². The molecule has 33 heavy (non-hydrogen) atoms. The van der Waals surface area contributed by atoms with Crippen molar-refractivity contribution < 1.29 is 14.3 Å². The second-order valence-corrected chi connectivity index (χ2v) is 8.67. The average molecular weight is 445 g/mol. The summed E-state index contributed by atoms with van der Waals surface area (Å²) in [6.45, 7) is 1.53. The zero-order chi connectivity index (χ0) is 23.4. The Kier molecular flexibility index (Phi) is 6.36. The summed E-state index contributed by atoms with van der Waals surface area (Å²) in [6.07, 6.45) is 3.16. The number of amides is 2. The van der Waals surface area contributed by atoms with Crippen molar-refractivity contribution in [3.63, 3.8) is 0 Å². The van der Waals surface area contributed by atoms with Crippen molar-refractivity contribution in [2.24, 2.45) is 13.0 Å². The summed E-state index contributed by atoms with van der Waals surface area (Å²) in [5, 5.41) is 16.5. The summed E-state index contributed by atoms with van der Waals surface area (Å²) in [5.74, 6) is -0.449. The summed E-state index contributed by atoms with van der Waals surface area (Å²) >= 11 is 0. The lowest BCUT2D eigenvalue weighted by atomic mass is 9.83. The van der Waals surface area contributed by atoms with Crippen LogP contribution >= 0.6 is 0 Å². The third kappa shape index (κ3) is 4.85. The lowest BCUT2D eigenvalue weighted by Gasteiger charge is -2.33. The first-order valence-electron chi connectivity index (χ1n) is 11.2. The minimum absolute atomic E-state index is 0.206. The number of carbonyl (C=O) groups excluding carboxylic acids is 2. The Balaban J connectivity index is 1.48. The first kappa shape index (κ1) is 22.4. The molecular formula is C26H28N4O3. The Bertz CT molecular complexity index is 1200. The zero-order valence-corrected chi connectivity index (χ0v) is 18.9. The first-order valence-corrected chi connectivity index (χ1v) is 11.2. The minimum atomic E-state index is -1.51. The molecule has 1 unspecified atom stereocenters. The van der Waals surface area contributed by atoms with Gasteiger partial charge in [-0.05, 0) is 37.1 Å². The highest BCUT2D eigenvalue weighted by Crippen LogP contribution is 2.27. The SMILES string of the molecule is Cn1c(C(=O)N[C@H]2CCCC[C@H]2C(=O)NC(C)(C#N)Oc2ccccc2)cc2ccccc21. The second-order valence-electron chi connectivity index (χ2n) is 8.67. The Morgan fingerprint density at radius 2 is 1.79 bits per heavy atom. The third-order valence-corrected chi connectivity index (χ3v) is 6.24. The molecule has 7 heteroatoms. The summed E-state index contributed by atoms with van der Waals surface area (Å²) in [5.41, 5.74) is 0.0129. The molecule has 0 bridgehead atoms. The predicted molar refractivity (Wildman–Crippen MR) is 125 cm³/mol. The molecule has 0 saturated heterocycles. The Morgan fingerprint density at radius 3 is 2.52 bits per heavy atom. The van der Waals surface area contributed by atoms with E-state index in [4.69, 9.17) is 4.74 Å². The molecule has 1 saturated carbocycles. The van der Waals surface area contributed by atoms with Crippen LogP contribution in [0.1, 0.15) is 43.1 Å². The quantitative estimate of drug-likeness (QED) is 0.564. The van der Waals surface area contributed by atoms with Crippen molar-refractivity contribution in [3.8, 4) is 11.8 Å². The van der Waals surface area contributed by atoms with Crippen LogP contribution in [0.15, 0.2) is 60.7 Å². The second kappa shape index (κ2) is 9.37. The van der Waals surface area contributed by atoms with Crippen LogP contribution in [0.3, 0.4) is 0 Å². The number of fused-ring (bicyclic) bond motifs is 1. The van der Waals surface area contributed by atoms with Gasteiger partial charge in [0.15, 0.2) is 0 Å². The van der Waals surface area contributed by atoms with Gasteiger partial charge in [0.2, 0.25) is 5.91 Å². The number of carbonyl (C=O) groups is 2. The van der Waals surface area contributed by atoms with Crippen LogP contribution in [0.2, 0.25) is 0 Å². The Morgan fingerprint density at radius 1 is 1.09 bits per heavy atom.